The summed E-state index contributed by atoms with van der Waals surface area (Å²) >= 11 is 0. The lowest BCUT2D eigenvalue weighted by atomic mass is 9.83. The molecule has 5 rings (SSSR count). The van der Waals surface area contributed by atoms with Crippen LogP contribution in [0.4, 0.5) is 5.69 Å². The van der Waals surface area contributed by atoms with E-state index in [9.17, 15) is 19.8 Å². The van der Waals surface area contributed by atoms with Crippen LogP contribution in [0.15, 0.2) is 48.8 Å². The number of benzene rings is 2. The third kappa shape index (κ3) is 6.53. The first-order valence-corrected chi connectivity index (χ1v) is 14.9. The Hall–Kier alpha value is -3.93. The topological polar surface area (TPSA) is 143 Å². The number of amides is 1. The van der Waals surface area contributed by atoms with Crippen LogP contribution < -0.4 is 20.1 Å². The summed E-state index contributed by atoms with van der Waals surface area (Å²) < 4.78 is 13.1. The van der Waals surface area contributed by atoms with Crippen LogP contribution in [0.2, 0.25) is 0 Å². The van der Waals surface area contributed by atoms with Crippen molar-refractivity contribution in [3.05, 3.63) is 71.3 Å². The second-order valence-corrected chi connectivity index (χ2v) is 11.3. The molecule has 11 heteroatoms. The van der Waals surface area contributed by atoms with Gasteiger partial charge in [0.15, 0.2) is 11.5 Å². The number of ether oxygens (including phenoxy) is 2. The zero-order valence-corrected chi connectivity index (χ0v) is 24.8. The summed E-state index contributed by atoms with van der Waals surface area (Å²) in [6.07, 6.45) is 6.44. The molecule has 0 unspecified atom stereocenters. The number of hydrogen-bond donors (Lipinski definition) is 3. The number of likely N-dealkylation sites (tertiary alicyclic amines) is 1. The number of aromatic nitrogens is 2. The highest BCUT2D eigenvalue weighted by Crippen LogP contribution is 2.44. The average Bonchev–Trinajstić information content (AvgIpc) is 3.74. The van der Waals surface area contributed by atoms with Crippen molar-refractivity contribution in [1.29, 1.82) is 0 Å². The summed E-state index contributed by atoms with van der Waals surface area (Å²) in [5, 5.41) is 20.6. The highest BCUT2D eigenvalue weighted by atomic mass is 16.7. The Morgan fingerprint density at radius 1 is 1.21 bits per heavy atom. The predicted molar refractivity (Wildman–Crippen MR) is 161 cm³/mol. The highest BCUT2D eigenvalue weighted by molar-refractivity contribution is 5.95. The van der Waals surface area contributed by atoms with E-state index in [4.69, 9.17) is 15.2 Å². The quantitative estimate of drug-likeness (QED) is 0.273. The normalized spacial score (nSPS) is 19.6. The fraction of sp³-hybridized carbons (Fsp3) is 0.469. The SMILES string of the molecule is CCCCN(C(=O)CN1C[C@H](c2cc(CO)c3c(c2)OCO3)[C@@H](C(=O)O)[C@@H]1CCc1nccn1C)c1cccc(CN)c1. The molecule has 1 aromatic heterocycles. The molecule has 3 heterocycles. The minimum Gasteiger partial charge on any atom is -0.481 e. The Morgan fingerprint density at radius 2 is 2.05 bits per heavy atom. The molecule has 1 saturated heterocycles. The number of nitrogens with two attached hydrogens (primary N) is 1. The van der Waals surface area contributed by atoms with Gasteiger partial charge >= 0.3 is 5.97 Å². The summed E-state index contributed by atoms with van der Waals surface area (Å²) in [5.74, 6) is -0.392. The first-order chi connectivity index (χ1) is 20.8. The van der Waals surface area contributed by atoms with Gasteiger partial charge < -0.3 is 34.9 Å². The van der Waals surface area contributed by atoms with Crippen molar-refractivity contribution in [3.8, 4) is 11.5 Å². The average molecular weight is 592 g/mol. The van der Waals surface area contributed by atoms with Gasteiger partial charge in [-0.25, -0.2) is 4.98 Å². The van der Waals surface area contributed by atoms with E-state index < -0.39 is 23.8 Å². The van der Waals surface area contributed by atoms with Gasteiger partial charge in [-0.3, -0.25) is 14.5 Å². The van der Waals surface area contributed by atoms with Gasteiger partial charge in [0.25, 0.3) is 0 Å². The summed E-state index contributed by atoms with van der Waals surface area (Å²) in [4.78, 5) is 35.2. The number of unbranched alkanes of at least 4 members (excludes halogenated alkanes) is 1. The Bertz CT molecular complexity index is 1440. The molecule has 2 aromatic carbocycles. The van der Waals surface area contributed by atoms with Gasteiger partial charge in [-0.05, 0) is 48.2 Å². The molecule has 4 N–H and O–H groups in total. The van der Waals surface area contributed by atoms with Crippen molar-refractivity contribution in [3.63, 3.8) is 0 Å². The Balaban J connectivity index is 1.48. The molecular weight excluding hydrogens is 550 g/mol. The molecule has 230 valence electrons. The number of aryl methyl sites for hydroxylation is 2. The number of nitrogens with zero attached hydrogens (tertiary/aromatic N) is 4. The van der Waals surface area contributed by atoms with E-state index in [1.54, 1.807) is 17.2 Å². The number of carbonyl (C=O) groups excluding carboxylic acids is 1. The number of fused-ring (bicyclic) bond motifs is 1. The predicted octanol–water partition coefficient (Wildman–Crippen LogP) is 3.03. The molecule has 0 saturated carbocycles. The number of aliphatic hydroxyl groups is 1. The number of hydrogen-bond acceptors (Lipinski definition) is 8. The lowest BCUT2D eigenvalue weighted by Crippen LogP contribution is -2.44. The standard InChI is InChI=1S/C32H41N5O6/c1-3-4-11-37(24-7-5-6-21(13-24)16-33)29(39)18-36-17-25(22-14-23(19-38)31-27(15-22)42-20-43-31)30(32(40)41)26(36)8-9-28-34-10-12-35(28)2/h5-7,10,12-15,25-26,30,38H,3-4,8-9,11,16-20,33H2,1-2H3,(H,40,41)/t25-,26+,30-/m1/s1. The van der Waals surface area contributed by atoms with Crippen molar-refractivity contribution < 1.29 is 29.3 Å². The molecule has 2 aliphatic heterocycles. The van der Waals surface area contributed by atoms with Crippen LogP contribution >= 0.6 is 0 Å². The summed E-state index contributed by atoms with van der Waals surface area (Å²) in [6, 6.07) is 10.9. The van der Waals surface area contributed by atoms with Crippen molar-refractivity contribution in [2.24, 2.45) is 18.7 Å². The van der Waals surface area contributed by atoms with E-state index in [1.807, 2.05) is 53.0 Å². The molecule has 1 amide bonds. The second-order valence-electron chi connectivity index (χ2n) is 11.3. The van der Waals surface area contributed by atoms with Gasteiger partial charge in [0.05, 0.1) is 19.1 Å². The second kappa shape index (κ2) is 13.6. The van der Waals surface area contributed by atoms with E-state index in [0.29, 0.717) is 49.5 Å². The van der Waals surface area contributed by atoms with Crippen molar-refractivity contribution in [2.75, 3.05) is 31.3 Å². The number of rotatable bonds is 13. The maximum atomic E-state index is 14.0. The zero-order valence-electron chi connectivity index (χ0n) is 24.8. The van der Waals surface area contributed by atoms with Crippen LogP contribution in [0.25, 0.3) is 0 Å². The Morgan fingerprint density at radius 3 is 2.74 bits per heavy atom. The molecule has 0 spiro atoms. The number of carboxylic acids is 1. The maximum absolute atomic E-state index is 14.0. The van der Waals surface area contributed by atoms with E-state index in [2.05, 4.69) is 11.9 Å². The Kier molecular flexibility index (Phi) is 9.64. The van der Waals surface area contributed by atoms with Gasteiger partial charge in [0, 0.05) is 68.7 Å². The molecular formula is C32H41N5O6. The van der Waals surface area contributed by atoms with Gasteiger partial charge in [-0.15, -0.1) is 0 Å². The van der Waals surface area contributed by atoms with E-state index in [1.165, 1.54) is 0 Å². The van der Waals surface area contributed by atoms with Crippen molar-refractivity contribution in [2.45, 2.75) is 57.7 Å². The van der Waals surface area contributed by atoms with Crippen LogP contribution in [0, 0.1) is 5.92 Å². The molecule has 1 fully saturated rings. The van der Waals surface area contributed by atoms with Crippen LogP contribution in [0.5, 0.6) is 11.5 Å². The van der Waals surface area contributed by atoms with Crippen molar-refractivity contribution in [1.82, 2.24) is 14.5 Å². The van der Waals surface area contributed by atoms with E-state index >= 15 is 0 Å². The molecule has 0 aliphatic carbocycles. The number of anilines is 1. The van der Waals surface area contributed by atoms with E-state index in [-0.39, 0.29) is 25.9 Å². The first kappa shape index (κ1) is 30.5. The number of carboxylic acid groups (broad SMARTS) is 1. The van der Waals surface area contributed by atoms with Crippen LogP contribution in [0.1, 0.15) is 54.6 Å². The number of aliphatic hydroxyl groups excluding tert-OH is 1. The lowest BCUT2D eigenvalue weighted by molar-refractivity contribution is -0.143. The molecule has 2 aliphatic rings. The molecule has 3 aromatic rings. The van der Waals surface area contributed by atoms with Crippen molar-refractivity contribution >= 4 is 17.6 Å². The van der Waals surface area contributed by atoms with Gasteiger partial charge in [-0.2, -0.15) is 0 Å². The first-order valence-electron chi connectivity index (χ1n) is 14.9. The number of carbonyl (C=O) groups is 2. The molecule has 3 atom stereocenters. The fourth-order valence-corrected chi connectivity index (χ4v) is 6.37. The zero-order chi connectivity index (χ0) is 30.5. The molecule has 0 bridgehead atoms. The number of imidazole rings is 1. The number of aliphatic carboxylic acids is 1. The smallest absolute Gasteiger partial charge is 0.308 e. The third-order valence-electron chi connectivity index (χ3n) is 8.62. The lowest BCUT2D eigenvalue weighted by Gasteiger charge is -2.30. The van der Waals surface area contributed by atoms with Gasteiger partial charge in [0.1, 0.15) is 5.82 Å². The fourth-order valence-electron chi connectivity index (χ4n) is 6.37. The van der Waals surface area contributed by atoms with Crippen LogP contribution in [-0.2, 0) is 36.2 Å². The highest BCUT2D eigenvalue weighted by Gasteiger charge is 2.47. The van der Waals surface area contributed by atoms with Gasteiger partial charge in [0.2, 0.25) is 12.7 Å². The molecule has 43 heavy (non-hydrogen) atoms. The summed E-state index contributed by atoms with van der Waals surface area (Å²) in [7, 11) is 1.92. The third-order valence-corrected chi connectivity index (χ3v) is 8.62. The van der Waals surface area contributed by atoms with Gasteiger partial charge in [-0.1, -0.05) is 25.5 Å². The van der Waals surface area contributed by atoms with Crippen LogP contribution in [-0.4, -0.2) is 69.0 Å². The largest absolute Gasteiger partial charge is 0.481 e. The summed E-state index contributed by atoms with van der Waals surface area (Å²) in [6.45, 7) is 3.23. The maximum Gasteiger partial charge on any atom is 0.308 e. The monoisotopic (exact) mass is 591 g/mol. The molecule has 0 radical (unpaired) electrons. The molecule has 11 nitrogen and oxygen atoms in total. The van der Waals surface area contributed by atoms with E-state index in [0.717, 1.165) is 35.5 Å². The minimum atomic E-state index is -0.925. The summed E-state index contributed by atoms with van der Waals surface area (Å²) in [5.41, 5.74) is 8.92. The Labute approximate surface area is 251 Å². The van der Waals surface area contributed by atoms with Crippen LogP contribution in [0.3, 0.4) is 0 Å². The minimum absolute atomic E-state index is 0.0463.